The molecule has 1 aliphatic rings. The zero-order valence-corrected chi connectivity index (χ0v) is 17.9. The molecule has 1 saturated carbocycles. The summed E-state index contributed by atoms with van der Waals surface area (Å²) in [6.45, 7) is 4.52. The molecule has 1 heterocycles. The van der Waals surface area contributed by atoms with Crippen molar-refractivity contribution >= 4 is 29.3 Å². The minimum absolute atomic E-state index is 0.00787. The number of carbonyl (C=O) groups is 1. The van der Waals surface area contributed by atoms with Crippen molar-refractivity contribution < 1.29 is 4.79 Å². The summed E-state index contributed by atoms with van der Waals surface area (Å²) in [5.74, 6) is 0.606. The highest BCUT2D eigenvalue weighted by molar-refractivity contribution is 8.00. The Kier molecular flexibility index (Phi) is 7.18. The van der Waals surface area contributed by atoms with Crippen LogP contribution >= 0.6 is 23.4 Å². The summed E-state index contributed by atoms with van der Waals surface area (Å²) in [5, 5.41) is 8.40. The maximum absolute atomic E-state index is 12.4. The van der Waals surface area contributed by atoms with Crippen LogP contribution in [0.5, 0.6) is 0 Å². The van der Waals surface area contributed by atoms with E-state index in [1.165, 1.54) is 54.6 Å². The van der Waals surface area contributed by atoms with Gasteiger partial charge in [0, 0.05) is 17.6 Å². The number of thioether (sulfide) groups is 1. The first-order valence-corrected chi connectivity index (χ1v) is 11.0. The van der Waals surface area contributed by atoms with E-state index in [4.69, 9.17) is 11.6 Å². The highest BCUT2D eigenvalue weighted by Gasteiger charge is 2.19. The zero-order valence-electron chi connectivity index (χ0n) is 16.3. The molecule has 1 atom stereocenters. The molecule has 1 aromatic carbocycles. The Bertz CT molecular complexity index is 893. The molecule has 0 spiro atoms. The van der Waals surface area contributed by atoms with Crippen molar-refractivity contribution in [2.75, 3.05) is 6.54 Å². The van der Waals surface area contributed by atoms with Gasteiger partial charge < -0.3 is 5.32 Å². The molecule has 5 nitrogen and oxygen atoms in total. The Labute approximate surface area is 174 Å². The average Bonchev–Trinajstić information content (AvgIpc) is 2.70. The lowest BCUT2D eigenvalue weighted by atomic mass is 9.89. The molecule has 0 radical (unpaired) electrons. The van der Waals surface area contributed by atoms with Gasteiger partial charge in [-0.1, -0.05) is 48.7 Å². The van der Waals surface area contributed by atoms with Crippen LogP contribution in [0.4, 0.5) is 0 Å². The first-order valence-electron chi connectivity index (χ1n) is 9.75. The van der Waals surface area contributed by atoms with Crippen LogP contribution < -0.4 is 10.9 Å². The Morgan fingerprint density at radius 1 is 1.29 bits per heavy atom. The summed E-state index contributed by atoms with van der Waals surface area (Å²) in [5.41, 5.74) is 1.31. The van der Waals surface area contributed by atoms with Crippen molar-refractivity contribution in [2.24, 2.45) is 5.92 Å². The number of hydrogen-bond acceptors (Lipinski definition) is 4. The first kappa shape index (κ1) is 20.9. The van der Waals surface area contributed by atoms with Crippen molar-refractivity contribution in [1.82, 2.24) is 15.1 Å². The lowest BCUT2D eigenvalue weighted by molar-refractivity contribution is -0.120. The van der Waals surface area contributed by atoms with E-state index in [-0.39, 0.29) is 16.7 Å². The molecule has 2 aromatic rings. The molecule has 1 fully saturated rings. The predicted molar refractivity (Wildman–Crippen MR) is 114 cm³/mol. The summed E-state index contributed by atoms with van der Waals surface area (Å²) in [6.07, 6.45) is 6.24. The third-order valence-corrected chi connectivity index (χ3v) is 6.57. The maximum atomic E-state index is 12.4. The van der Waals surface area contributed by atoms with Crippen molar-refractivity contribution in [1.29, 1.82) is 0 Å². The summed E-state index contributed by atoms with van der Waals surface area (Å²) in [7, 11) is 0. The molecular formula is C21H26ClN3O2S. The lowest BCUT2D eigenvalue weighted by Gasteiger charge is -2.22. The fourth-order valence-corrected chi connectivity index (χ4v) is 4.37. The maximum Gasteiger partial charge on any atom is 0.271 e. The van der Waals surface area contributed by atoms with Gasteiger partial charge in [-0.2, -0.15) is 9.78 Å². The molecular weight excluding hydrogens is 394 g/mol. The monoisotopic (exact) mass is 419 g/mol. The summed E-state index contributed by atoms with van der Waals surface area (Å²) < 4.78 is 1.32. The van der Waals surface area contributed by atoms with Crippen LogP contribution in [0.2, 0.25) is 5.02 Å². The van der Waals surface area contributed by atoms with Gasteiger partial charge in [0.15, 0.2) is 0 Å². The third kappa shape index (κ3) is 5.39. The topological polar surface area (TPSA) is 64.0 Å². The van der Waals surface area contributed by atoms with Crippen LogP contribution in [-0.2, 0) is 4.79 Å². The SMILES string of the molecule is Cc1ccc(-n2nc(S[C@@H](C)C(=O)NCC3CCCCC3)ccc2=O)cc1Cl. The molecule has 3 rings (SSSR count). The second-order valence-electron chi connectivity index (χ2n) is 7.36. The number of nitrogens with one attached hydrogen (secondary N) is 1. The van der Waals surface area contributed by atoms with E-state index in [2.05, 4.69) is 10.4 Å². The van der Waals surface area contributed by atoms with E-state index in [0.29, 0.717) is 21.7 Å². The predicted octanol–water partition coefficient (Wildman–Crippen LogP) is 4.37. The van der Waals surface area contributed by atoms with Gasteiger partial charge in [0.2, 0.25) is 5.91 Å². The highest BCUT2D eigenvalue weighted by atomic mass is 35.5. The van der Waals surface area contributed by atoms with Crippen molar-refractivity contribution in [2.45, 2.75) is 56.2 Å². The summed E-state index contributed by atoms with van der Waals surface area (Å²) in [6, 6.07) is 8.51. The number of benzene rings is 1. The Hall–Kier alpha value is -1.79. The van der Waals surface area contributed by atoms with Gasteiger partial charge in [-0.05, 0) is 56.4 Å². The third-order valence-electron chi connectivity index (χ3n) is 5.13. The molecule has 0 aliphatic heterocycles. The molecule has 1 aromatic heterocycles. The lowest BCUT2D eigenvalue weighted by Crippen LogP contribution is -2.35. The van der Waals surface area contributed by atoms with Crippen LogP contribution in [0.3, 0.4) is 0 Å². The molecule has 1 N–H and O–H groups in total. The van der Waals surface area contributed by atoms with E-state index < -0.39 is 0 Å². The van der Waals surface area contributed by atoms with Crippen molar-refractivity contribution in [3.05, 3.63) is 51.3 Å². The Balaban J connectivity index is 1.65. The number of rotatable bonds is 6. The minimum Gasteiger partial charge on any atom is -0.355 e. The number of carbonyl (C=O) groups excluding carboxylic acids is 1. The Morgan fingerprint density at radius 3 is 2.75 bits per heavy atom. The number of amides is 1. The summed E-state index contributed by atoms with van der Waals surface area (Å²) in [4.78, 5) is 24.7. The van der Waals surface area contributed by atoms with E-state index in [1.807, 2.05) is 26.0 Å². The minimum atomic E-state index is -0.288. The number of aryl methyl sites for hydroxylation is 1. The van der Waals surface area contributed by atoms with Crippen LogP contribution in [-0.4, -0.2) is 27.5 Å². The van der Waals surface area contributed by atoms with Crippen LogP contribution in [0.15, 0.2) is 40.2 Å². The standard InChI is InChI=1S/C21H26ClN3O2S/c1-14-8-9-17(12-18(14)22)25-20(26)11-10-19(24-25)28-15(2)21(27)23-13-16-6-4-3-5-7-16/h8-12,15-16H,3-7,13H2,1-2H3,(H,23,27)/t15-/m0/s1. The number of hydrogen-bond donors (Lipinski definition) is 1. The van der Waals surface area contributed by atoms with Gasteiger partial charge in [-0.3, -0.25) is 9.59 Å². The first-order chi connectivity index (χ1) is 13.4. The van der Waals surface area contributed by atoms with Gasteiger partial charge in [0.1, 0.15) is 5.03 Å². The van der Waals surface area contributed by atoms with E-state index >= 15 is 0 Å². The molecule has 0 bridgehead atoms. The summed E-state index contributed by atoms with van der Waals surface area (Å²) >= 11 is 7.53. The second kappa shape index (κ2) is 9.61. The van der Waals surface area contributed by atoms with E-state index in [1.54, 1.807) is 12.1 Å². The smallest absolute Gasteiger partial charge is 0.271 e. The van der Waals surface area contributed by atoms with Crippen molar-refractivity contribution in [3.63, 3.8) is 0 Å². The largest absolute Gasteiger partial charge is 0.355 e. The average molecular weight is 420 g/mol. The van der Waals surface area contributed by atoms with E-state index in [9.17, 15) is 9.59 Å². The van der Waals surface area contributed by atoms with Gasteiger partial charge in [-0.15, -0.1) is 0 Å². The van der Waals surface area contributed by atoms with Gasteiger partial charge in [0.05, 0.1) is 10.9 Å². The number of halogens is 1. The molecule has 150 valence electrons. The van der Waals surface area contributed by atoms with E-state index in [0.717, 1.165) is 12.1 Å². The second-order valence-corrected chi connectivity index (χ2v) is 9.13. The van der Waals surface area contributed by atoms with Gasteiger partial charge in [-0.25, -0.2) is 0 Å². The molecule has 7 heteroatoms. The number of nitrogens with zero attached hydrogens (tertiary/aromatic N) is 2. The quantitative estimate of drug-likeness (QED) is 0.706. The molecule has 1 amide bonds. The van der Waals surface area contributed by atoms with Gasteiger partial charge >= 0.3 is 0 Å². The Morgan fingerprint density at radius 2 is 2.04 bits per heavy atom. The van der Waals surface area contributed by atoms with Gasteiger partial charge in [0.25, 0.3) is 5.56 Å². The van der Waals surface area contributed by atoms with Crippen molar-refractivity contribution in [3.8, 4) is 5.69 Å². The normalized spacial score (nSPS) is 16.0. The fourth-order valence-electron chi connectivity index (χ4n) is 3.37. The molecule has 0 saturated heterocycles. The number of aromatic nitrogens is 2. The van der Waals surface area contributed by atoms with Crippen LogP contribution in [0, 0.1) is 12.8 Å². The highest BCUT2D eigenvalue weighted by Crippen LogP contribution is 2.24. The molecule has 28 heavy (non-hydrogen) atoms. The molecule has 1 aliphatic carbocycles. The zero-order chi connectivity index (χ0) is 20.1. The fraction of sp³-hybridized carbons (Fsp3) is 0.476. The van der Waals surface area contributed by atoms with Crippen LogP contribution in [0.1, 0.15) is 44.6 Å². The van der Waals surface area contributed by atoms with Crippen LogP contribution in [0.25, 0.3) is 5.69 Å². The molecule has 0 unspecified atom stereocenters.